The molecule has 0 saturated heterocycles. The molecule has 0 radical (unpaired) electrons. The van der Waals surface area contributed by atoms with E-state index in [-0.39, 0.29) is 23.7 Å². The minimum absolute atomic E-state index is 0.266. The fraction of sp³-hybridized carbons (Fsp3) is 0.176. The lowest BCUT2D eigenvalue weighted by atomic mass is 10.1. The number of carbonyl (C=O) groups is 2. The minimum atomic E-state index is -0.344. The van der Waals surface area contributed by atoms with Crippen LogP contribution in [0.15, 0.2) is 53.4 Å². The zero-order valence-corrected chi connectivity index (χ0v) is 15.1. The Balaban J connectivity index is 1.49. The first-order chi connectivity index (χ1) is 11.1. The highest BCUT2D eigenvalue weighted by molar-refractivity contribution is 14.1. The van der Waals surface area contributed by atoms with Crippen molar-refractivity contribution in [2.75, 3.05) is 11.9 Å². The van der Waals surface area contributed by atoms with Crippen LogP contribution in [-0.4, -0.2) is 23.7 Å². The van der Waals surface area contributed by atoms with Crippen LogP contribution < -0.4 is 5.32 Å². The van der Waals surface area contributed by atoms with Gasteiger partial charge in [-0.05, 0) is 58.8 Å². The van der Waals surface area contributed by atoms with Gasteiger partial charge in [0.25, 0.3) is 5.91 Å². The molecule has 0 aliphatic carbocycles. The number of fused-ring (bicyclic) bond motifs is 1. The van der Waals surface area contributed by atoms with E-state index in [1.165, 1.54) is 11.8 Å². The van der Waals surface area contributed by atoms with E-state index in [9.17, 15) is 9.59 Å². The average Bonchev–Trinajstić information content (AvgIpc) is 2.97. The van der Waals surface area contributed by atoms with Gasteiger partial charge >= 0.3 is 5.97 Å². The van der Waals surface area contributed by atoms with Crippen LogP contribution >= 0.6 is 34.4 Å². The second-order valence-corrected chi connectivity index (χ2v) is 7.57. The number of anilines is 1. The molecule has 0 saturated carbocycles. The first-order valence-corrected chi connectivity index (χ1v) is 9.04. The zero-order chi connectivity index (χ0) is 16.2. The Morgan fingerprint density at radius 2 is 2.04 bits per heavy atom. The number of thioether (sulfide) groups is 1. The van der Waals surface area contributed by atoms with Gasteiger partial charge in [-0.3, -0.25) is 9.59 Å². The topological polar surface area (TPSA) is 55.4 Å². The number of nitrogens with one attached hydrogen (secondary N) is 1. The second kappa shape index (κ2) is 7.35. The van der Waals surface area contributed by atoms with Gasteiger partial charge < -0.3 is 10.1 Å². The number of hydrogen-bond acceptors (Lipinski definition) is 4. The van der Waals surface area contributed by atoms with E-state index in [0.717, 1.165) is 14.0 Å². The van der Waals surface area contributed by atoms with E-state index in [1.807, 2.05) is 42.5 Å². The summed E-state index contributed by atoms with van der Waals surface area (Å²) in [6.07, 6.45) is 0.651. The van der Waals surface area contributed by atoms with Crippen molar-refractivity contribution in [3.8, 4) is 0 Å². The summed E-state index contributed by atoms with van der Waals surface area (Å²) in [6, 6.07) is 15.4. The monoisotopic (exact) mass is 439 g/mol. The standard InChI is InChI=1S/C17H14INO3S/c18-12-5-3-6-13(9-12)19-16(20)10-22-17(21)15-8-11-4-1-2-7-14(11)23-15/h1-7,9,15H,8,10H2,(H,19,20). The Morgan fingerprint density at radius 1 is 1.22 bits per heavy atom. The van der Waals surface area contributed by atoms with Gasteiger partial charge in [-0.15, -0.1) is 11.8 Å². The molecule has 1 aliphatic rings. The molecule has 2 aromatic carbocycles. The molecule has 0 spiro atoms. The summed E-state index contributed by atoms with van der Waals surface area (Å²) >= 11 is 3.67. The van der Waals surface area contributed by atoms with Crippen LogP contribution in [0.5, 0.6) is 0 Å². The summed E-state index contributed by atoms with van der Waals surface area (Å²) in [5.74, 6) is -0.676. The molecule has 1 N–H and O–H groups in total. The van der Waals surface area contributed by atoms with Crippen LogP contribution in [0.1, 0.15) is 5.56 Å². The van der Waals surface area contributed by atoms with Gasteiger partial charge in [0.15, 0.2) is 6.61 Å². The van der Waals surface area contributed by atoms with Crippen LogP contribution in [0.25, 0.3) is 0 Å². The van der Waals surface area contributed by atoms with E-state index in [0.29, 0.717) is 12.1 Å². The molecule has 1 heterocycles. The molecule has 23 heavy (non-hydrogen) atoms. The van der Waals surface area contributed by atoms with Crippen molar-refractivity contribution in [3.63, 3.8) is 0 Å². The predicted octanol–water partition coefficient (Wildman–Crippen LogP) is 3.49. The fourth-order valence-electron chi connectivity index (χ4n) is 2.31. The van der Waals surface area contributed by atoms with Gasteiger partial charge in [0, 0.05) is 14.2 Å². The number of ether oxygens (including phenoxy) is 1. The first kappa shape index (κ1) is 16.3. The number of esters is 1. The Morgan fingerprint density at radius 3 is 2.83 bits per heavy atom. The molecule has 1 unspecified atom stereocenters. The summed E-state index contributed by atoms with van der Waals surface area (Å²) < 4.78 is 6.17. The van der Waals surface area contributed by atoms with Crippen molar-refractivity contribution in [1.82, 2.24) is 0 Å². The molecule has 0 fully saturated rings. The van der Waals surface area contributed by atoms with Gasteiger partial charge in [0.05, 0.1) is 0 Å². The number of rotatable bonds is 4. The highest BCUT2D eigenvalue weighted by Gasteiger charge is 2.29. The van der Waals surface area contributed by atoms with Crippen molar-refractivity contribution in [1.29, 1.82) is 0 Å². The van der Waals surface area contributed by atoms with Crippen molar-refractivity contribution in [2.24, 2.45) is 0 Å². The van der Waals surface area contributed by atoms with Crippen LogP contribution in [-0.2, 0) is 20.7 Å². The smallest absolute Gasteiger partial charge is 0.320 e. The van der Waals surface area contributed by atoms with E-state index >= 15 is 0 Å². The van der Waals surface area contributed by atoms with Gasteiger partial charge in [0.1, 0.15) is 5.25 Å². The molecule has 1 amide bonds. The molecule has 1 atom stereocenters. The number of carbonyl (C=O) groups excluding carboxylic acids is 2. The first-order valence-electron chi connectivity index (χ1n) is 7.08. The van der Waals surface area contributed by atoms with Crippen LogP contribution in [0.3, 0.4) is 0 Å². The molecule has 0 aromatic heterocycles. The maximum atomic E-state index is 12.1. The fourth-order valence-corrected chi connectivity index (χ4v) is 4.04. The zero-order valence-electron chi connectivity index (χ0n) is 12.1. The molecular formula is C17H14INO3S. The number of halogens is 1. The van der Waals surface area contributed by atoms with Crippen molar-refractivity contribution in [3.05, 3.63) is 57.7 Å². The molecule has 3 rings (SSSR count). The predicted molar refractivity (Wildman–Crippen MR) is 98.5 cm³/mol. The summed E-state index contributed by atoms with van der Waals surface area (Å²) in [7, 11) is 0. The molecule has 4 nitrogen and oxygen atoms in total. The Hall–Kier alpha value is -1.54. The van der Waals surface area contributed by atoms with Crippen molar-refractivity contribution in [2.45, 2.75) is 16.6 Å². The van der Waals surface area contributed by atoms with Gasteiger partial charge in [-0.2, -0.15) is 0 Å². The van der Waals surface area contributed by atoms with E-state index in [2.05, 4.69) is 27.9 Å². The third-order valence-electron chi connectivity index (χ3n) is 3.36. The SMILES string of the molecule is O=C(COC(=O)C1Cc2ccccc2S1)Nc1cccc(I)c1. The third-order valence-corrected chi connectivity index (χ3v) is 5.33. The summed E-state index contributed by atoms with van der Waals surface area (Å²) in [5, 5.41) is 2.45. The lowest BCUT2D eigenvalue weighted by molar-refractivity contribution is -0.146. The van der Waals surface area contributed by atoms with Crippen molar-refractivity contribution < 1.29 is 14.3 Å². The Bertz CT molecular complexity index is 725. The normalized spacial score (nSPS) is 15.8. The molecule has 6 heteroatoms. The van der Waals surface area contributed by atoms with Gasteiger partial charge in [-0.1, -0.05) is 24.3 Å². The highest BCUT2D eigenvalue weighted by Crippen LogP contribution is 2.37. The average molecular weight is 439 g/mol. The van der Waals surface area contributed by atoms with E-state index in [1.54, 1.807) is 6.07 Å². The summed E-state index contributed by atoms with van der Waals surface area (Å²) in [4.78, 5) is 25.1. The Kier molecular flexibility index (Phi) is 5.22. The molecular weight excluding hydrogens is 425 g/mol. The molecule has 118 valence electrons. The van der Waals surface area contributed by atoms with Crippen LogP contribution in [0.2, 0.25) is 0 Å². The lowest BCUT2D eigenvalue weighted by Gasteiger charge is -2.10. The van der Waals surface area contributed by atoms with E-state index < -0.39 is 0 Å². The summed E-state index contributed by atoms with van der Waals surface area (Å²) in [6.45, 7) is -0.266. The van der Waals surface area contributed by atoms with Crippen molar-refractivity contribution >= 4 is 51.9 Å². The van der Waals surface area contributed by atoms with Crippen LogP contribution in [0.4, 0.5) is 5.69 Å². The van der Waals surface area contributed by atoms with Crippen LogP contribution in [0, 0.1) is 3.57 Å². The van der Waals surface area contributed by atoms with Gasteiger partial charge in [-0.25, -0.2) is 0 Å². The largest absolute Gasteiger partial charge is 0.455 e. The maximum Gasteiger partial charge on any atom is 0.320 e. The number of benzene rings is 2. The number of hydrogen-bond donors (Lipinski definition) is 1. The summed E-state index contributed by atoms with van der Waals surface area (Å²) in [5.41, 5.74) is 1.85. The molecule has 1 aliphatic heterocycles. The highest BCUT2D eigenvalue weighted by atomic mass is 127. The third kappa shape index (κ3) is 4.26. The maximum absolute atomic E-state index is 12.1. The lowest BCUT2D eigenvalue weighted by Crippen LogP contribution is -2.26. The van der Waals surface area contributed by atoms with E-state index in [4.69, 9.17) is 4.74 Å². The molecule has 2 aromatic rings. The second-order valence-electron chi connectivity index (χ2n) is 5.08. The molecule has 0 bridgehead atoms. The Labute approximate surface area is 152 Å². The number of amides is 1. The van der Waals surface area contributed by atoms with Gasteiger partial charge in [0.2, 0.25) is 0 Å². The quantitative estimate of drug-likeness (QED) is 0.586. The minimum Gasteiger partial charge on any atom is -0.455 e.